The molecule has 5 nitrogen and oxygen atoms in total. The van der Waals surface area contributed by atoms with Crippen LogP contribution in [0.25, 0.3) is 0 Å². The highest BCUT2D eigenvalue weighted by Crippen LogP contribution is 2.21. The highest BCUT2D eigenvalue weighted by atomic mass is 16.6. The molecule has 0 bridgehead atoms. The van der Waals surface area contributed by atoms with Gasteiger partial charge in [-0.2, -0.15) is 0 Å². The second-order valence-corrected chi connectivity index (χ2v) is 3.76. The van der Waals surface area contributed by atoms with Gasteiger partial charge in [0, 0.05) is 0 Å². The number of aliphatic hydroxyl groups is 3. The summed E-state index contributed by atoms with van der Waals surface area (Å²) < 4.78 is 10.5. The summed E-state index contributed by atoms with van der Waals surface area (Å²) in [6.45, 7) is 3.69. The Bertz CT molecular complexity index is 173. The van der Waals surface area contributed by atoms with Gasteiger partial charge < -0.3 is 24.8 Å². The van der Waals surface area contributed by atoms with Crippen molar-refractivity contribution in [3.63, 3.8) is 0 Å². The molecule has 3 N–H and O–H groups in total. The van der Waals surface area contributed by atoms with E-state index < -0.39 is 24.4 Å². The van der Waals surface area contributed by atoms with Crippen molar-refractivity contribution in [3.8, 4) is 0 Å². The molecule has 0 spiro atoms. The van der Waals surface area contributed by atoms with Gasteiger partial charge in [0.15, 0.2) is 0 Å². The fraction of sp³-hybridized carbons (Fsp3) is 1.00. The van der Waals surface area contributed by atoms with E-state index in [-0.39, 0.29) is 19.3 Å². The molecule has 5 heteroatoms. The number of rotatable bonds is 4. The Labute approximate surface area is 83.3 Å². The first-order chi connectivity index (χ1) is 6.56. The Morgan fingerprint density at radius 3 is 2.21 bits per heavy atom. The Morgan fingerprint density at radius 1 is 1.21 bits per heavy atom. The van der Waals surface area contributed by atoms with Gasteiger partial charge in [-0.25, -0.2) is 0 Å². The lowest BCUT2D eigenvalue weighted by atomic mass is 10.1. The molecule has 0 unspecified atom stereocenters. The lowest BCUT2D eigenvalue weighted by molar-refractivity contribution is -0.0671. The average Bonchev–Trinajstić information content (AvgIpc) is 2.41. The van der Waals surface area contributed by atoms with Gasteiger partial charge in [-0.1, -0.05) is 0 Å². The Morgan fingerprint density at radius 2 is 1.79 bits per heavy atom. The van der Waals surface area contributed by atoms with Crippen LogP contribution in [0.5, 0.6) is 0 Å². The zero-order chi connectivity index (χ0) is 10.7. The molecular formula is C9H18O5. The first-order valence-corrected chi connectivity index (χ1v) is 4.80. The van der Waals surface area contributed by atoms with Crippen LogP contribution < -0.4 is 0 Å². The van der Waals surface area contributed by atoms with Crippen LogP contribution in [0.1, 0.15) is 13.8 Å². The number of ether oxygens (including phenoxy) is 2. The van der Waals surface area contributed by atoms with Crippen molar-refractivity contribution in [1.82, 2.24) is 0 Å². The van der Waals surface area contributed by atoms with Crippen LogP contribution in [0.15, 0.2) is 0 Å². The molecule has 0 aromatic carbocycles. The van der Waals surface area contributed by atoms with Crippen LogP contribution in [0.3, 0.4) is 0 Å². The summed E-state index contributed by atoms with van der Waals surface area (Å²) in [4.78, 5) is 0. The van der Waals surface area contributed by atoms with Crippen molar-refractivity contribution in [3.05, 3.63) is 0 Å². The molecule has 1 aliphatic heterocycles. The predicted molar refractivity (Wildman–Crippen MR) is 48.8 cm³/mol. The van der Waals surface area contributed by atoms with Crippen LogP contribution in [0, 0.1) is 0 Å². The molecule has 0 radical (unpaired) electrons. The maximum absolute atomic E-state index is 9.51. The molecule has 1 fully saturated rings. The fourth-order valence-electron chi connectivity index (χ4n) is 1.40. The standard InChI is InChI=1S/C9H18O5/c1-5(2)13-4-7-9(12)8(11)6(3-10)14-7/h5-12H,3-4H2,1-2H3/t6-,7+,8-,9-/m1/s1. The number of hydrogen-bond acceptors (Lipinski definition) is 5. The largest absolute Gasteiger partial charge is 0.394 e. The average molecular weight is 206 g/mol. The Hall–Kier alpha value is -0.200. The van der Waals surface area contributed by atoms with Crippen molar-refractivity contribution < 1.29 is 24.8 Å². The molecule has 0 aliphatic carbocycles. The zero-order valence-electron chi connectivity index (χ0n) is 8.46. The van der Waals surface area contributed by atoms with E-state index in [1.165, 1.54) is 0 Å². The second-order valence-electron chi connectivity index (χ2n) is 3.76. The Kier molecular flexibility index (Phi) is 4.28. The minimum Gasteiger partial charge on any atom is -0.394 e. The maximum atomic E-state index is 9.51. The van der Waals surface area contributed by atoms with E-state index >= 15 is 0 Å². The van der Waals surface area contributed by atoms with Crippen molar-refractivity contribution in [2.24, 2.45) is 0 Å². The van der Waals surface area contributed by atoms with E-state index in [2.05, 4.69) is 0 Å². The number of hydrogen-bond donors (Lipinski definition) is 3. The monoisotopic (exact) mass is 206 g/mol. The van der Waals surface area contributed by atoms with Crippen LogP contribution >= 0.6 is 0 Å². The predicted octanol–water partition coefficient (Wildman–Crippen LogP) is -1.11. The van der Waals surface area contributed by atoms with E-state index in [1.54, 1.807) is 0 Å². The Balaban J connectivity index is 2.40. The van der Waals surface area contributed by atoms with Gasteiger partial charge in [0.25, 0.3) is 0 Å². The summed E-state index contributed by atoms with van der Waals surface area (Å²) in [5, 5.41) is 27.7. The third-order valence-electron chi connectivity index (χ3n) is 2.24. The molecule has 4 atom stereocenters. The second kappa shape index (κ2) is 5.04. The fourth-order valence-corrected chi connectivity index (χ4v) is 1.40. The summed E-state index contributed by atoms with van der Waals surface area (Å²) in [5.74, 6) is 0. The summed E-state index contributed by atoms with van der Waals surface area (Å²) in [7, 11) is 0. The van der Waals surface area contributed by atoms with Crippen molar-refractivity contribution in [2.45, 2.75) is 44.4 Å². The first kappa shape index (κ1) is 11.9. The van der Waals surface area contributed by atoms with Gasteiger partial charge >= 0.3 is 0 Å². The van der Waals surface area contributed by atoms with Crippen molar-refractivity contribution in [1.29, 1.82) is 0 Å². The molecule has 84 valence electrons. The molecule has 1 aliphatic rings. The summed E-state index contributed by atoms with van der Waals surface area (Å²) >= 11 is 0. The summed E-state index contributed by atoms with van der Waals surface area (Å²) in [6, 6.07) is 0. The van der Waals surface area contributed by atoms with Crippen LogP contribution in [-0.2, 0) is 9.47 Å². The third kappa shape index (κ3) is 2.65. The molecule has 0 amide bonds. The molecule has 1 heterocycles. The minimum absolute atomic E-state index is 0.0520. The normalized spacial score (nSPS) is 38.1. The SMILES string of the molecule is CC(C)OC[C@@H]1O[C@H](CO)[C@@H](O)[C@@H]1O. The highest BCUT2D eigenvalue weighted by Gasteiger charge is 2.42. The molecule has 0 aromatic rings. The topological polar surface area (TPSA) is 79.2 Å². The van der Waals surface area contributed by atoms with Gasteiger partial charge in [0.1, 0.15) is 24.4 Å². The lowest BCUT2D eigenvalue weighted by Gasteiger charge is -2.16. The van der Waals surface area contributed by atoms with Gasteiger partial charge in [0.2, 0.25) is 0 Å². The summed E-state index contributed by atoms with van der Waals surface area (Å²) in [6.07, 6.45) is -3.21. The molecule has 1 saturated heterocycles. The van der Waals surface area contributed by atoms with Gasteiger partial charge in [-0.3, -0.25) is 0 Å². The maximum Gasteiger partial charge on any atom is 0.111 e. The van der Waals surface area contributed by atoms with E-state index in [0.717, 1.165) is 0 Å². The highest BCUT2D eigenvalue weighted by molar-refractivity contribution is 4.90. The van der Waals surface area contributed by atoms with E-state index in [4.69, 9.17) is 14.6 Å². The third-order valence-corrected chi connectivity index (χ3v) is 2.24. The molecular weight excluding hydrogens is 188 g/mol. The van der Waals surface area contributed by atoms with Crippen LogP contribution in [0.4, 0.5) is 0 Å². The quantitative estimate of drug-likeness (QED) is 0.544. The smallest absolute Gasteiger partial charge is 0.111 e. The zero-order valence-corrected chi connectivity index (χ0v) is 8.46. The van der Waals surface area contributed by atoms with Gasteiger partial charge in [-0.15, -0.1) is 0 Å². The number of aliphatic hydroxyl groups excluding tert-OH is 3. The van der Waals surface area contributed by atoms with E-state index in [9.17, 15) is 10.2 Å². The minimum atomic E-state index is -1.03. The molecule has 14 heavy (non-hydrogen) atoms. The summed E-state index contributed by atoms with van der Waals surface area (Å²) in [5.41, 5.74) is 0. The van der Waals surface area contributed by atoms with Crippen molar-refractivity contribution >= 4 is 0 Å². The van der Waals surface area contributed by atoms with Crippen molar-refractivity contribution in [2.75, 3.05) is 13.2 Å². The molecule has 1 rings (SSSR count). The van der Waals surface area contributed by atoms with E-state index in [0.29, 0.717) is 0 Å². The molecule has 0 saturated carbocycles. The lowest BCUT2D eigenvalue weighted by Crippen LogP contribution is -2.35. The first-order valence-electron chi connectivity index (χ1n) is 4.80. The molecule has 0 aromatic heterocycles. The van der Waals surface area contributed by atoms with E-state index in [1.807, 2.05) is 13.8 Å². The van der Waals surface area contributed by atoms with Crippen LogP contribution in [-0.4, -0.2) is 59.1 Å². The van der Waals surface area contributed by atoms with Crippen LogP contribution in [0.2, 0.25) is 0 Å². The van der Waals surface area contributed by atoms with Gasteiger partial charge in [-0.05, 0) is 13.8 Å². The van der Waals surface area contributed by atoms with Gasteiger partial charge in [0.05, 0.1) is 19.3 Å².